The molecule has 18 heavy (non-hydrogen) atoms. The van der Waals surface area contributed by atoms with Crippen LogP contribution in [-0.2, 0) is 6.42 Å². The van der Waals surface area contributed by atoms with E-state index in [0.29, 0.717) is 12.8 Å². The summed E-state index contributed by atoms with van der Waals surface area (Å²) in [6.07, 6.45) is 4.71. The summed E-state index contributed by atoms with van der Waals surface area (Å²) in [7, 11) is 0. The van der Waals surface area contributed by atoms with Gasteiger partial charge in [-0.1, -0.05) is 18.2 Å². The molecule has 0 bridgehead atoms. The highest BCUT2D eigenvalue weighted by molar-refractivity contribution is 5.46. The molecule has 4 nitrogen and oxygen atoms in total. The summed E-state index contributed by atoms with van der Waals surface area (Å²) in [6.45, 7) is 0.230. The van der Waals surface area contributed by atoms with Gasteiger partial charge in [0.2, 0.25) is 0 Å². The largest absolute Gasteiger partial charge is 0.399 e. The molecule has 0 heterocycles. The number of aryl methyl sites for hydroxylation is 1. The molecule has 1 aromatic rings. The fourth-order valence-corrected chi connectivity index (χ4v) is 1.97. The van der Waals surface area contributed by atoms with E-state index < -0.39 is 5.79 Å². The van der Waals surface area contributed by atoms with E-state index in [1.807, 2.05) is 24.3 Å². The van der Waals surface area contributed by atoms with Gasteiger partial charge in [-0.3, -0.25) is 0 Å². The predicted molar refractivity (Wildman–Crippen MR) is 71.9 cm³/mol. The lowest BCUT2D eigenvalue weighted by molar-refractivity contribution is -0.152. The second-order valence-electron chi connectivity index (χ2n) is 4.72. The number of nitrogens with two attached hydrogens (primary N) is 1. The normalized spacial score (nSPS) is 17.1. The fourth-order valence-electron chi connectivity index (χ4n) is 1.97. The first-order chi connectivity index (χ1) is 8.55. The summed E-state index contributed by atoms with van der Waals surface area (Å²) in [5.74, 6) is -1.31. The summed E-state index contributed by atoms with van der Waals surface area (Å²) in [4.78, 5) is 0. The molecule has 0 atom stereocenters. The minimum absolute atomic E-state index is 0.230. The number of hydrogen-bond donors (Lipinski definition) is 4. The lowest BCUT2D eigenvalue weighted by Crippen LogP contribution is -2.21. The summed E-state index contributed by atoms with van der Waals surface area (Å²) < 4.78 is 0. The van der Waals surface area contributed by atoms with E-state index in [1.165, 1.54) is 0 Å². The van der Waals surface area contributed by atoms with Crippen LogP contribution in [0.1, 0.15) is 37.7 Å². The maximum absolute atomic E-state index is 8.75. The number of anilines is 1. The quantitative estimate of drug-likeness (QED) is 0.485. The van der Waals surface area contributed by atoms with Gasteiger partial charge in [0.15, 0.2) is 5.79 Å². The Kier molecular flexibility index (Phi) is 6.12. The van der Waals surface area contributed by atoms with Gasteiger partial charge in [-0.25, -0.2) is 0 Å². The first-order valence-corrected chi connectivity index (χ1v) is 6.44. The van der Waals surface area contributed by atoms with Gasteiger partial charge in [0, 0.05) is 25.1 Å². The highest BCUT2D eigenvalue weighted by Crippen LogP contribution is 2.25. The Bertz CT molecular complexity index is 345. The van der Waals surface area contributed by atoms with Crippen LogP contribution in [0.15, 0.2) is 24.3 Å². The van der Waals surface area contributed by atoms with Crippen molar-refractivity contribution in [2.45, 2.75) is 44.3 Å². The van der Waals surface area contributed by atoms with Gasteiger partial charge in [-0.2, -0.15) is 0 Å². The monoisotopic (exact) mass is 253 g/mol. The Morgan fingerprint density at radius 3 is 2.17 bits per heavy atom. The summed E-state index contributed by atoms with van der Waals surface area (Å²) >= 11 is 0. The highest BCUT2D eigenvalue weighted by Gasteiger charge is 2.26. The standard InChI is InChI=1S/C9H13NO.C5H10O2/c10-9-6-2-1-4-8(9)5-3-7-11;6-5(7)3-1-2-4-5/h1-2,4,6,11H,3,5,7,10H2;6-7H,1-4H2. The molecule has 102 valence electrons. The molecule has 0 amide bonds. The molecule has 1 aromatic carbocycles. The average molecular weight is 253 g/mol. The molecule has 4 heteroatoms. The number of nitrogen functional groups attached to an aromatic ring is 1. The molecule has 0 aromatic heterocycles. The number of hydrogen-bond acceptors (Lipinski definition) is 4. The Labute approximate surface area is 108 Å². The van der Waals surface area contributed by atoms with E-state index in [1.54, 1.807) is 0 Å². The third kappa shape index (κ3) is 5.49. The van der Waals surface area contributed by atoms with Gasteiger partial charge < -0.3 is 21.1 Å². The topological polar surface area (TPSA) is 86.7 Å². The third-order valence-corrected chi connectivity index (χ3v) is 3.06. The Balaban J connectivity index is 0.000000199. The molecule has 0 aliphatic heterocycles. The van der Waals surface area contributed by atoms with Crippen molar-refractivity contribution in [3.05, 3.63) is 29.8 Å². The zero-order valence-corrected chi connectivity index (χ0v) is 10.7. The predicted octanol–water partition coefficient (Wildman–Crippen LogP) is 1.43. The Morgan fingerprint density at radius 2 is 1.72 bits per heavy atom. The van der Waals surface area contributed by atoms with Crippen LogP contribution < -0.4 is 5.73 Å². The molecule has 0 spiro atoms. The number of para-hydroxylation sites is 1. The van der Waals surface area contributed by atoms with Gasteiger partial charge in [0.05, 0.1) is 0 Å². The maximum atomic E-state index is 8.75. The van der Waals surface area contributed by atoms with Crippen molar-refractivity contribution >= 4 is 5.69 Å². The van der Waals surface area contributed by atoms with E-state index in [-0.39, 0.29) is 6.61 Å². The minimum Gasteiger partial charge on any atom is -0.399 e. The summed E-state index contributed by atoms with van der Waals surface area (Å²) in [5.41, 5.74) is 7.63. The van der Waals surface area contributed by atoms with Crippen LogP contribution in [0.5, 0.6) is 0 Å². The fraction of sp³-hybridized carbons (Fsp3) is 0.571. The molecule has 1 aliphatic carbocycles. The number of rotatable bonds is 3. The lowest BCUT2D eigenvalue weighted by atomic mass is 10.1. The van der Waals surface area contributed by atoms with Gasteiger partial charge >= 0.3 is 0 Å². The Morgan fingerprint density at radius 1 is 1.11 bits per heavy atom. The van der Waals surface area contributed by atoms with E-state index in [0.717, 1.165) is 36.9 Å². The highest BCUT2D eigenvalue weighted by atomic mass is 16.5. The number of aliphatic hydroxyl groups is 3. The zero-order chi connectivity index (χ0) is 13.4. The third-order valence-electron chi connectivity index (χ3n) is 3.06. The van der Waals surface area contributed by atoms with Gasteiger partial charge in [-0.05, 0) is 37.3 Å². The number of aliphatic hydroxyl groups excluding tert-OH is 1. The van der Waals surface area contributed by atoms with Gasteiger partial charge in [0.25, 0.3) is 0 Å². The van der Waals surface area contributed by atoms with Crippen molar-refractivity contribution in [3.63, 3.8) is 0 Å². The first-order valence-electron chi connectivity index (χ1n) is 6.44. The van der Waals surface area contributed by atoms with E-state index >= 15 is 0 Å². The SMILES string of the molecule is Nc1ccccc1CCCO.OC1(O)CCCC1. The molecule has 1 saturated carbocycles. The molecule has 1 aliphatic rings. The second-order valence-corrected chi connectivity index (χ2v) is 4.72. The molecule has 5 N–H and O–H groups in total. The molecule has 0 radical (unpaired) electrons. The van der Waals surface area contributed by atoms with Crippen LogP contribution >= 0.6 is 0 Å². The molecule has 0 saturated heterocycles. The van der Waals surface area contributed by atoms with E-state index in [4.69, 9.17) is 21.1 Å². The van der Waals surface area contributed by atoms with Crippen molar-refractivity contribution in [1.29, 1.82) is 0 Å². The second kappa shape index (κ2) is 7.36. The van der Waals surface area contributed by atoms with Crippen molar-refractivity contribution in [1.82, 2.24) is 0 Å². The van der Waals surface area contributed by atoms with E-state index in [9.17, 15) is 0 Å². The molecular formula is C14H23NO3. The van der Waals surface area contributed by atoms with Crippen LogP contribution in [0.25, 0.3) is 0 Å². The van der Waals surface area contributed by atoms with Crippen molar-refractivity contribution in [2.75, 3.05) is 12.3 Å². The van der Waals surface area contributed by atoms with E-state index in [2.05, 4.69) is 0 Å². The van der Waals surface area contributed by atoms with Gasteiger partial charge in [0.1, 0.15) is 0 Å². The molecule has 0 unspecified atom stereocenters. The maximum Gasteiger partial charge on any atom is 0.162 e. The number of benzene rings is 1. The van der Waals surface area contributed by atoms with Crippen molar-refractivity contribution < 1.29 is 15.3 Å². The smallest absolute Gasteiger partial charge is 0.162 e. The molecule has 1 fully saturated rings. The summed E-state index contributed by atoms with van der Waals surface area (Å²) in [6, 6.07) is 7.75. The molecular weight excluding hydrogens is 230 g/mol. The average Bonchev–Trinajstić information content (AvgIpc) is 2.74. The van der Waals surface area contributed by atoms with Crippen LogP contribution in [0, 0.1) is 0 Å². The van der Waals surface area contributed by atoms with Crippen LogP contribution in [0.4, 0.5) is 5.69 Å². The first kappa shape index (κ1) is 15.0. The Hall–Kier alpha value is -1.10. The van der Waals surface area contributed by atoms with Crippen molar-refractivity contribution in [3.8, 4) is 0 Å². The molecule has 2 rings (SSSR count). The van der Waals surface area contributed by atoms with Crippen LogP contribution in [0.2, 0.25) is 0 Å². The van der Waals surface area contributed by atoms with Crippen LogP contribution in [-0.4, -0.2) is 27.7 Å². The summed E-state index contributed by atoms with van der Waals surface area (Å²) in [5, 5.41) is 26.1. The minimum atomic E-state index is -1.31. The van der Waals surface area contributed by atoms with Crippen molar-refractivity contribution in [2.24, 2.45) is 0 Å². The lowest BCUT2D eigenvalue weighted by Gasteiger charge is -2.11. The zero-order valence-electron chi connectivity index (χ0n) is 10.7. The van der Waals surface area contributed by atoms with Crippen LogP contribution in [0.3, 0.4) is 0 Å². The van der Waals surface area contributed by atoms with Gasteiger partial charge in [-0.15, -0.1) is 0 Å².